The molecule has 1 heterocycles. The van der Waals surface area contributed by atoms with Gasteiger partial charge in [0.1, 0.15) is 5.69 Å². The third-order valence-corrected chi connectivity index (χ3v) is 3.33. The number of aliphatic hydroxyl groups excluding tert-OH is 1. The van der Waals surface area contributed by atoms with Crippen molar-refractivity contribution in [1.82, 2.24) is 9.88 Å². The summed E-state index contributed by atoms with van der Waals surface area (Å²) < 4.78 is 1.58. The fourth-order valence-electron chi connectivity index (χ4n) is 1.99. The van der Waals surface area contributed by atoms with Crippen LogP contribution in [0.2, 0.25) is 0 Å². The molecule has 0 radical (unpaired) electrons. The topological polar surface area (TPSA) is 97.4 Å². The van der Waals surface area contributed by atoms with Gasteiger partial charge in [-0.1, -0.05) is 6.92 Å². The molecule has 0 unspecified atom stereocenters. The van der Waals surface area contributed by atoms with Gasteiger partial charge in [-0.15, -0.1) is 0 Å². The van der Waals surface area contributed by atoms with Crippen LogP contribution in [-0.2, 0) is 6.54 Å². The van der Waals surface area contributed by atoms with Gasteiger partial charge < -0.3 is 15.0 Å². The Morgan fingerprint density at radius 1 is 1.63 bits per heavy atom. The number of amides is 1. The van der Waals surface area contributed by atoms with Crippen LogP contribution in [0, 0.1) is 10.1 Å². The molecule has 19 heavy (non-hydrogen) atoms. The Hall–Kier alpha value is -1.89. The first-order valence-electron chi connectivity index (χ1n) is 6.29. The van der Waals surface area contributed by atoms with Crippen molar-refractivity contribution in [3.05, 3.63) is 28.1 Å². The number of aromatic nitrogens is 1. The average molecular weight is 267 g/mol. The molecule has 7 nitrogen and oxygen atoms in total. The highest BCUT2D eigenvalue weighted by molar-refractivity contribution is 5.94. The molecule has 1 amide bonds. The second-order valence-electron chi connectivity index (χ2n) is 4.93. The third kappa shape index (κ3) is 2.76. The van der Waals surface area contributed by atoms with Gasteiger partial charge in [0.15, 0.2) is 0 Å². The zero-order valence-electron chi connectivity index (χ0n) is 10.8. The molecule has 1 fully saturated rings. The van der Waals surface area contributed by atoms with E-state index in [0.29, 0.717) is 6.54 Å². The number of nitrogens with zero attached hydrogens (tertiary/aromatic N) is 2. The summed E-state index contributed by atoms with van der Waals surface area (Å²) >= 11 is 0. The van der Waals surface area contributed by atoms with Crippen LogP contribution in [-0.4, -0.2) is 32.6 Å². The van der Waals surface area contributed by atoms with Crippen molar-refractivity contribution in [2.45, 2.75) is 38.3 Å². The van der Waals surface area contributed by atoms with E-state index < -0.39 is 10.5 Å². The van der Waals surface area contributed by atoms with Crippen molar-refractivity contribution in [2.75, 3.05) is 6.61 Å². The summed E-state index contributed by atoms with van der Waals surface area (Å²) in [7, 11) is 0. The molecule has 0 atom stereocenters. The van der Waals surface area contributed by atoms with Gasteiger partial charge in [0.05, 0.1) is 23.3 Å². The largest absolute Gasteiger partial charge is 0.394 e. The number of rotatable bonds is 6. The molecule has 2 N–H and O–H groups in total. The van der Waals surface area contributed by atoms with Crippen LogP contribution in [0.15, 0.2) is 12.3 Å². The van der Waals surface area contributed by atoms with E-state index in [-0.39, 0.29) is 23.9 Å². The molecule has 0 aromatic carbocycles. The monoisotopic (exact) mass is 267 g/mol. The SMILES string of the molecule is CCCn1cc([N+](=O)[O-])cc1C(=O)NC1(CO)CC1. The number of carbonyl (C=O) groups excluding carboxylic acids is 1. The maximum absolute atomic E-state index is 12.1. The quantitative estimate of drug-likeness (QED) is 0.595. The number of carbonyl (C=O) groups is 1. The fourth-order valence-corrected chi connectivity index (χ4v) is 1.99. The van der Waals surface area contributed by atoms with E-state index in [9.17, 15) is 20.0 Å². The van der Waals surface area contributed by atoms with Gasteiger partial charge in [-0.25, -0.2) is 0 Å². The molecule has 1 aromatic heterocycles. The number of hydrogen-bond donors (Lipinski definition) is 2. The van der Waals surface area contributed by atoms with E-state index >= 15 is 0 Å². The summed E-state index contributed by atoms with van der Waals surface area (Å²) in [6, 6.07) is 1.28. The molecule has 104 valence electrons. The third-order valence-electron chi connectivity index (χ3n) is 3.33. The molecule has 1 aliphatic carbocycles. The second kappa shape index (κ2) is 5.00. The minimum Gasteiger partial charge on any atom is -0.394 e. The fraction of sp³-hybridized carbons (Fsp3) is 0.583. The molecular formula is C12H17N3O4. The van der Waals surface area contributed by atoms with Crippen LogP contribution in [0.3, 0.4) is 0 Å². The predicted molar refractivity (Wildman–Crippen MR) is 67.9 cm³/mol. The van der Waals surface area contributed by atoms with Gasteiger partial charge in [-0.05, 0) is 19.3 Å². The number of nitro groups is 1. The average Bonchev–Trinajstić information content (AvgIpc) is 3.00. The lowest BCUT2D eigenvalue weighted by atomic mass is 10.2. The first kappa shape index (κ1) is 13.5. The molecule has 1 saturated carbocycles. The molecule has 7 heteroatoms. The first-order valence-corrected chi connectivity index (χ1v) is 6.29. The van der Waals surface area contributed by atoms with Gasteiger partial charge in [-0.3, -0.25) is 14.9 Å². The van der Waals surface area contributed by atoms with Crippen LogP contribution >= 0.6 is 0 Å². The Balaban J connectivity index is 2.21. The number of nitrogens with one attached hydrogen (secondary N) is 1. The summed E-state index contributed by atoms with van der Waals surface area (Å²) in [4.78, 5) is 22.4. The van der Waals surface area contributed by atoms with E-state index in [1.807, 2.05) is 6.92 Å². The van der Waals surface area contributed by atoms with Crippen molar-refractivity contribution in [3.63, 3.8) is 0 Å². The Labute approximate surface area is 110 Å². The Bertz CT molecular complexity index is 505. The van der Waals surface area contributed by atoms with Gasteiger partial charge in [-0.2, -0.15) is 0 Å². The first-order chi connectivity index (χ1) is 9.01. The molecule has 0 aliphatic heterocycles. The maximum Gasteiger partial charge on any atom is 0.287 e. The van der Waals surface area contributed by atoms with Crippen LogP contribution in [0.5, 0.6) is 0 Å². The highest BCUT2D eigenvalue weighted by Gasteiger charge is 2.44. The van der Waals surface area contributed by atoms with Crippen LogP contribution in [0.4, 0.5) is 5.69 Å². The van der Waals surface area contributed by atoms with E-state index in [4.69, 9.17) is 0 Å². The zero-order valence-corrected chi connectivity index (χ0v) is 10.8. The normalized spacial score (nSPS) is 16.1. The van der Waals surface area contributed by atoms with Gasteiger partial charge in [0.2, 0.25) is 0 Å². The molecule has 1 aliphatic rings. The van der Waals surface area contributed by atoms with E-state index in [1.54, 1.807) is 4.57 Å². The minimum absolute atomic E-state index is 0.0903. The highest BCUT2D eigenvalue weighted by Crippen LogP contribution is 2.35. The van der Waals surface area contributed by atoms with Crippen LogP contribution < -0.4 is 5.32 Å². The lowest BCUT2D eigenvalue weighted by molar-refractivity contribution is -0.384. The van der Waals surface area contributed by atoms with Crippen LogP contribution in [0.25, 0.3) is 0 Å². The summed E-state index contributed by atoms with van der Waals surface area (Å²) in [6.07, 6.45) is 3.63. The zero-order chi connectivity index (χ0) is 14.0. The number of aliphatic hydroxyl groups is 1. The summed E-state index contributed by atoms with van der Waals surface area (Å²) in [5.74, 6) is -0.367. The molecule has 0 spiro atoms. The Kier molecular flexibility index (Phi) is 3.57. The minimum atomic E-state index is -0.521. The van der Waals surface area contributed by atoms with Crippen LogP contribution in [0.1, 0.15) is 36.7 Å². The predicted octanol–water partition coefficient (Wildman–Crippen LogP) is 1.06. The Morgan fingerprint density at radius 2 is 2.32 bits per heavy atom. The summed E-state index contributed by atoms with van der Waals surface area (Å²) in [5, 5.41) is 22.7. The smallest absolute Gasteiger partial charge is 0.287 e. The van der Waals surface area contributed by atoms with Crippen molar-refractivity contribution in [3.8, 4) is 0 Å². The molecule has 0 bridgehead atoms. The van der Waals surface area contributed by atoms with E-state index in [1.165, 1.54) is 12.3 Å². The molecule has 1 aromatic rings. The van der Waals surface area contributed by atoms with Crippen molar-refractivity contribution in [2.24, 2.45) is 0 Å². The van der Waals surface area contributed by atoms with E-state index in [2.05, 4.69) is 5.32 Å². The summed E-state index contributed by atoms with van der Waals surface area (Å²) in [5.41, 5.74) is -0.339. The Morgan fingerprint density at radius 3 is 2.79 bits per heavy atom. The van der Waals surface area contributed by atoms with Crippen molar-refractivity contribution >= 4 is 11.6 Å². The second-order valence-corrected chi connectivity index (χ2v) is 4.93. The number of aryl methyl sites for hydroxylation is 1. The van der Waals surface area contributed by atoms with Gasteiger partial charge >= 0.3 is 0 Å². The van der Waals surface area contributed by atoms with Crippen molar-refractivity contribution in [1.29, 1.82) is 0 Å². The number of hydrogen-bond acceptors (Lipinski definition) is 4. The van der Waals surface area contributed by atoms with Crippen molar-refractivity contribution < 1.29 is 14.8 Å². The summed E-state index contributed by atoms with van der Waals surface area (Å²) in [6.45, 7) is 2.38. The highest BCUT2D eigenvalue weighted by atomic mass is 16.6. The maximum atomic E-state index is 12.1. The standard InChI is InChI=1S/C12H17N3O4/c1-2-5-14-7-9(15(18)19)6-10(14)11(17)13-12(8-16)3-4-12/h6-7,16H,2-5,8H2,1H3,(H,13,17). The lowest BCUT2D eigenvalue weighted by Crippen LogP contribution is -2.40. The molecule has 0 saturated heterocycles. The van der Waals surface area contributed by atoms with Gasteiger partial charge in [0.25, 0.3) is 11.6 Å². The van der Waals surface area contributed by atoms with Gasteiger partial charge in [0, 0.05) is 12.6 Å². The lowest BCUT2D eigenvalue weighted by Gasteiger charge is -2.15. The molecule has 2 rings (SSSR count). The molecular weight excluding hydrogens is 250 g/mol. The van der Waals surface area contributed by atoms with E-state index in [0.717, 1.165) is 19.3 Å².